The van der Waals surface area contributed by atoms with Gasteiger partial charge in [0.25, 0.3) is 0 Å². The van der Waals surface area contributed by atoms with Gasteiger partial charge in [-0.2, -0.15) is 0 Å². The van der Waals surface area contributed by atoms with E-state index in [4.69, 9.17) is 5.11 Å². The smallest absolute Gasteiger partial charge is 0.0681 e. The van der Waals surface area contributed by atoms with Crippen molar-refractivity contribution < 1.29 is 5.11 Å². The molecule has 0 saturated carbocycles. The maximum Gasteiger partial charge on any atom is 0.0681 e. The molecule has 0 aliphatic carbocycles. The van der Waals surface area contributed by atoms with Gasteiger partial charge < -0.3 is 5.11 Å². The van der Waals surface area contributed by atoms with Crippen LogP contribution in [0.3, 0.4) is 0 Å². The first-order valence-corrected chi connectivity index (χ1v) is 4.91. The molecule has 72 valence electrons. The molecule has 1 nitrogen and oxygen atoms in total. The first-order valence-electron chi connectivity index (χ1n) is 4.91. The molecule has 0 bridgehead atoms. The van der Waals surface area contributed by atoms with Gasteiger partial charge in [0, 0.05) is 0 Å². The van der Waals surface area contributed by atoms with Crippen LogP contribution in [0, 0.1) is 0 Å². The number of aliphatic hydroxyl groups excluding tert-OH is 1. The van der Waals surface area contributed by atoms with Gasteiger partial charge >= 0.3 is 0 Å². The highest BCUT2D eigenvalue weighted by Crippen LogP contribution is 2.21. The van der Waals surface area contributed by atoms with Crippen molar-refractivity contribution in [3.63, 3.8) is 0 Å². The van der Waals surface area contributed by atoms with E-state index < -0.39 is 0 Å². The van der Waals surface area contributed by atoms with E-state index in [2.05, 4.69) is 32.9 Å². The van der Waals surface area contributed by atoms with Crippen LogP contribution >= 0.6 is 0 Å². The lowest BCUT2D eigenvalue weighted by Gasteiger charge is -2.12. The minimum Gasteiger partial charge on any atom is -0.392 e. The Morgan fingerprint density at radius 3 is 2.46 bits per heavy atom. The molecular weight excluding hydrogens is 160 g/mol. The van der Waals surface area contributed by atoms with Crippen LogP contribution < -0.4 is 0 Å². The fourth-order valence-electron chi connectivity index (χ4n) is 1.60. The van der Waals surface area contributed by atoms with Crippen LogP contribution in [0.5, 0.6) is 0 Å². The molecule has 0 radical (unpaired) electrons. The Hall–Kier alpha value is -0.820. The van der Waals surface area contributed by atoms with Gasteiger partial charge in [0.2, 0.25) is 0 Å². The third-order valence-corrected chi connectivity index (χ3v) is 2.40. The molecule has 0 saturated heterocycles. The Balaban J connectivity index is 3.10. The topological polar surface area (TPSA) is 20.2 Å². The van der Waals surface area contributed by atoms with Crippen LogP contribution in [0.25, 0.3) is 0 Å². The molecule has 1 aromatic carbocycles. The van der Waals surface area contributed by atoms with Gasteiger partial charge in [0.05, 0.1) is 6.61 Å². The lowest BCUT2D eigenvalue weighted by atomic mass is 9.94. The van der Waals surface area contributed by atoms with Crippen molar-refractivity contribution in [1.29, 1.82) is 0 Å². The summed E-state index contributed by atoms with van der Waals surface area (Å²) in [4.78, 5) is 0. The van der Waals surface area contributed by atoms with Crippen molar-refractivity contribution in [3.8, 4) is 0 Å². The average molecular weight is 178 g/mol. The van der Waals surface area contributed by atoms with E-state index in [-0.39, 0.29) is 6.61 Å². The molecule has 0 spiro atoms. The van der Waals surface area contributed by atoms with E-state index in [0.29, 0.717) is 5.92 Å². The van der Waals surface area contributed by atoms with E-state index in [1.54, 1.807) is 0 Å². The van der Waals surface area contributed by atoms with E-state index >= 15 is 0 Å². The fraction of sp³-hybridized carbons (Fsp3) is 0.500. The lowest BCUT2D eigenvalue weighted by Crippen LogP contribution is -1.97. The zero-order chi connectivity index (χ0) is 9.84. The number of rotatable bonds is 3. The van der Waals surface area contributed by atoms with Crippen LogP contribution in [-0.2, 0) is 13.0 Å². The molecule has 1 N–H and O–H groups in total. The van der Waals surface area contributed by atoms with Crippen LogP contribution in [0.1, 0.15) is 43.4 Å². The minimum atomic E-state index is 0.143. The third-order valence-electron chi connectivity index (χ3n) is 2.40. The molecule has 1 aromatic rings. The maximum absolute atomic E-state index is 9.01. The number of aryl methyl sites for hydroxylation is 1. The summed E-state index contributed by atoms with van der Waals surface area (Å²) in [6.07, 6.45) is 1.07. The zero-order valence-electron chi connectivity index (χ0n) is 8.67. The Kier molecular flexibility index (Phi) is 3.49. The highest BCUT2D eigenvalue weighted by molar-refractivity contribution is 5.34. The summed E-state index contributed by atoms with van der Waals surface area (Å²) in [5.41, 5.74) is 3.78. The van der Waals surface area contributed by atoms with E-state index in [9.17, 15) is 0 Å². The molecule has 0 amide bonds. The summed E-state index contributed by atoms with van der Waals surface area (Å²) in [6, 6.07) is 6.25. The summed E-state index contributed by atoms with van der Waals surface area (Å²) in [5.74, 6) is 0.543. The molecule has 13 heavy (non-hydrogen) atoms. The molecule has 0 aromatic heterocycles. The second-order valence-corrected chi connectivity index (χ2v) is 3.70. The van der Waals surface area contributed by atoms with E-state index in [1.807, 2.05) is 6.07 Å². The number of hydrogen-bond acceptors (Lipinski definition) is 1. The first-order chi connectivity index (χ1) is 6.19. The van der Waals surface area contributed by atoms with Crippen molar-refractivity contribution in [3.05, 3.63) is 34.9 Å². The first kappa shape index (κ1) is 10.3. The van der Waals surface area contributed by atoms with Gasteiger partial charge in [-0.1, -0.05) is 39.0 Å². The van der Waals surface area contributed by atoms with Crippen LogP contribution in [-0.4, -0.2) is 5.11 Å². The van der Waals surface area contributed by atoms with Crippen LogP contribution in [0.2, 0.25) is 0 Å². The van der Waals surface area contributed by atoms with Gasteiger partial charge in [-0.3, -0.25) is 0 Å². The van der Waals surface area contributed by atoms with Crippen molar-refractivity contribution in [2.24, 2.45) is 0 Å². The molecule has 0 atom stereocenters. The van der Waals surface area contributed by atoms with Crippen molar-refractivity contribution in [2.75, 3.05) is 0 Å². The predicted octanol–water partition coefficient (Wildman–Crippen LogP) is 2.86. The molecule has 0 fully saturated rings. The SMILES string of the molecule is CCc1ccc(CO)cc1C(C)C. The van der Waals surface area contributed by atoms with Crippen molar-refractivity contribution >= 4 is 0 Å². The Morgan fingerprint density at radius 1 is 1.31 bits per heavy atom. The van der Waals surface area contributed by atoms with Gasteiger partial charge in [-0.15, -0.1) is 0 Å². The summed E-state index contributed by atoms with van der Waals surface area (Å²) in [5, 5.41) is 9.01. The van der Waals surface area contributed by atoms with Gasteiger partial charge in [0.15, 0.2) is 0 Å². The van der Waals surface area contributed by atoms with Gasteiger partial charge in [-0.05, 0) is 29.0 Å². The molecule has 0 aliphatic heterocycles. The second-order valence-electron chi connectivity index (χ2n) is 3.70. The molecule has 0 heterocycles. The van der Waals surface area contributed by atoms with Gasteiger partial charge in [-0.25, -0.2) is 0 Å². The van der Waals surface area contributed by atoms with Crippen molar-refractivity contribution in [2.45, 2.75) is 39.7 Å². The maximum atomic E-state index is 9.01. The van der Waals surface area contributed by atoms with Crippen LogP contribution in [0.4, 0.5) is 0 Å². The number of benzene rings is 1. The third kappa shape index (κ3) is 2.31. The standard InChI is InChI=1S/C12H18O/c1-4-11-6-5-10(8-13)7-12(11)9(2)3/h5-7,9,13H,4,8H2,1-3H3. The zero-order valence-corrected chi connectivity index (χ0v) is 8.67. The molecular formula is C12H18O. The second kappa shape index (κ2) is 4.43. The summed E-state index contributed by atoms with van der Waals surface area (Å²) >= 11 is 0. The monoisotopic (exact) mass is 178 g/mol. The highest BCUT2D eigenvalue weighted by Gasteiger charge is 2.05. The number of aliphatic hydroxyl groups is 1. The lowest BCUT2D eigenvalue weighted by molar-refractivity contribution is 0.281. The molecule has 1 heteroatoms. The Labute approximate surface area is 80.4 Å². The van der Waals surface area contributed by atoms with Crippen LogP contribution in [0.15, 0.2) is 18.2 Å². The Bertz CT molecular complexity index is 276. The highest BCUT2D eigenvalue weighted by atomic mass is 16.3. The van der Waals surface area contributed by atoms with Crippen molar-refractivity contribution in [1.82, 2.24) is 0 Å². The summed E-state index contributed by atoms with van der Waals surface area (Å²) in [7, 11) is 0. The largest absolute Gasteiger partial charge is 0.392 e. The fourth-order valence-corrected chi connectivity index (χ4v) is 1.60. The quantitative estimate of drug-likeness (QED) is 0.754. The minimum absolute atomic E-state index is 0.143. The van der Waals surface area contributed by atoms with E-state index in [0.717, 1.165) is 12.0 Å². The van der Waals surface area contributed by atoms with E-state index in [1.165, 1.54) is 11.1 Å². The molecule has 0 unspecified atom stereocenters. The summed E-state index contributed by atoms with van der Waals surface area (Å²) in [6.45, 7) is 6.69. The van der Waals surface area contributed by atoms with Gasteiger partial charge in [0.1, 0.15) is 0 Å². The molecule has 1 rings (SSSR count). The summed E-state index contributed by atoms with van der Waals surface area (Å²) < 4.78 is 0. The molecule has 0 aliphatic rings. The number of hydrogen-bond donors (Lipinski definition) is 1. The normalized spacial score (nSPS) is 10.8. The Morgan fingerprint density at radius 2 is 2.00 bits per heavy atom. The average Bonchev–Trinajstić information content (AvgIpc) is 2.16. The predicted molar refractivity (Wildman–Crippen MR) is 55.8 cm³/mol.